The highest BCUT2D eigenvalue weighted by molar-refractivity contribution is 6.31. The number of nitrogens with zero attached hydrogens (tertiary/aromatic N) is 1. The minimum Gasteiger partial charge on any atom is -0.497 e. The molecule has 0 radical (unpaired) electrons. The number of nitrogens with one attached hydrogen (secondary N) is 1. The van der Waals surface area contributed by atoms with E-state index in [4.69, 9.17) is 16.3 Å². The van der Waals surface area contributed by atoms with Crippen molar-refractivity contribution in [2.24, 2.45) is 5.92 Å². The van der Waals surface area contributed by atoms with Crippen LogP contribution in [0.3, 0.4) is 0 Å². The second kappa shape index (κ2) is 9.77. The third-order valence-electron chi connectivity index (χ3n) is 5.10. The lowest BCUT2D eigenvalue weighted by atomic mass is 9.96. The molecule has 0 unspecified atom stereocenters. The van der Waals surface area contributed by atoms with Crippen LogP contribution in [0, 0.1) is 5.92 Å². The van der Waals surface area contributed by atoms with Crippen molar-refractivity contribution in [1.29, 1.82) is 0 Å². The molecule has 5 heteroatoms. The summed E-state index contributed by atoms with van der Waals surface area (Å²) in [5, 5.41) is 3.90. The molecular weight excluding hydrogens is 360 g/mol. The van der Waals surface area contributed by atoms with Crippen molar-refractivity contribution in [3.05, 3.63) is 64.7 Å². The Balaban J connectivity index is 1.45. The van der Waals surface area contributed by atoms with E-state index in [-0.39, 0.29) is 11.8 Å². The number of rotatable bonds is 7. The molecule has 3 rings (SSSR count). The first-order valence-corrected chi connectivity index (χ1v) is 9.90. The number of likely N-dealkylation sites (tertiary alicyclic amines) is 1. The van der Waals surface area contributed by atoms with E-state index in [1.165, 1.54) is 5.56 Å². The summed E-state index contributed by atoms with van der Waals surface area (Å²) in [6, 6.07) is 15.9. The second-order valence-electron chi connectivity index (χ2n) is 7.05. The molecule has 1 aliphatic heterocycles. The molecule has 2 aromatic rings. The molecule has 1 fully saturated rings. The average molecular weight is 387 g/mol. The predicted molar refractivity (Wildman–Crippen MR) is 109 cm³/mol. The topological polar surface area (TPSA) is 41.6 Å². The fourth-order valence-corrected chi connectivity index (χ4v) is 3.74. The van der Waals surface area contributed by atoms with Gasteiger partial charge in [-0.3, -0.25) is 9.69 Å². The van der Waals surface area contributed by atoms with Crippen LogP contribution in [0.15, 0.2) is 48.5 Å². The molecule has 1 aliphatic rings. The minimum atomic E-state index is 0.0529. The summed E-state index contributed by atoms with van der Waals surface area (Å²) in [5.74, 6) is 1.06. The quantitative estimate of drug-likeness (QED) is 0.784. The molecule has 2 aromatic carbocycles. The van der Waals surface area contributed by atoms with Crippen molar-refractivity contribution in [3.8, 4) is 5.75 Å². The molecule has 144 valence electrons. The molecule has 1 saturated heterocycles. The molecule has 0 saturated carbocycles. The number of amides is 1. The average Bonchev–Trinajstić information content (AvgIpc) is 2.70. The van der Waals surface area contributed by atoms with Gasteiger partial charge >= 0.3 is 0 Å². The summed E-state index contributed by atoms with van der Waals surface area (Å²) >= 11 is 6.27. The number of methoxy groups -OCH3 is 1. The Labute approximate surface area is 166 Å². The highest BCUT2D eigenvalue weighted by Crippen LogP contribution is 2.22. The van der Waals surface area contributed by atoms with Gasteiger partial charge in [0.1, 0.15) is 5.75 Å². The van der Waals surface area contributed by atoms with Crippen LogP contribution in [-0.2, 0) is 17.8 Å². The maximum atomic E-state index is 12.6. The van der Waals surface area contributed by atoms with Gasteiger partial charge in [0.2, 0.25) is 5.91 Å². The van der Waals surface area contributed by atoms with Crippen molar-refractivity contribution >= 4 is 17.5 Å². The van der Waals surface area contributed by atoms with Gasteiger partial charge in [-0.15, -0.1) is 0 Å². The predicted octanol–water partition coefficient (Wildman–Crippen LogP) is 3.92. The number of hydrogen-bond donors (Lipinski definition) is 1. The summed E-state index contributed by atoms with van der Waals surface area (Å²) in [6.45, 7) is 3.27. The van der Waals surface area contributed by atoms with Crippen LogP contribution in [0.2, 0.25) is 5.02 Å². The molecule has 0 spiro atoms. The molecule has 0 aliphatic carbocycles. The van der Waals surface area contributed by atoms with E-state index in [0.29, 0.717) is 6.54 Å². The molecule has 1 N–H and O–H groups in total. The van der Waals surface area contributed by atoms with Crippen molar-refractivity contribution in [1.82, 2.24) is 10.2 Å². The summed E-state index contributed by atoms with van der Waals surface area (Å²) in [7, 11) is 1.66. The van der Waals surface area contributed by atoms with Gasteiger partial charge in [-0.05, 0) is 55.1 Å². The number of carbonyl (C=O) groups excluding carboxylic acids is 1. The normalized spacial score (nSPS) is 17.5. The van der Waals surface area contributed by atoms with Gasteiger partial charge in [0, 0.05) is 24.7 Å². The molecule has 1 heterocycles. The van der Waals surface area contributed by atoms with E-state index in [2.05, 4.69) is 16.3 Å². The maximum Gasteiger partial charge on any atom is 0.224 e. The van der Waals surface area contributed by atoms with E-state index in [1.54, 1.807) is 7.11 Å². The smallest absolute Gasteiger partial charge is 0.224 e. The van der Waals surface area contributed by atoms with Crippen molar-refractivity contribution in [2.75, 3.05) is 26.7 Å². The maximum absolute atomic E-state index is 12.6. The Morgan fingerprint density at radius 2 is 2.00 bits per heavy atom. The molecule has 0 bridgehead atoms. The van der Waals surface area contributed by atoms with Crippen LogP contribution in [0.4, 0.5) is 0 Å². The lowest BCUT2D eigenvalue weighted by Gasteiger charge is -2.32. The zero-order valence-electron chi connectivity index (χ0n) is 15.8. The van der Waals surface area contributed by atoms with Gasteiger partial charge in [0.05, 0.1) is 13.0 Å². The number of hydrogen-bond acceptors (Lipinski definition) is 3. The van der Waals surface area contributed by atoms with Crippen LogP contribution in [0.5, 0.6) is 5.75 Å². The fraction of sp³-hybridized carbons (Fsp3) is 0.409. The van der Waals surface area contributed by atoms with Crippen molar-refractivity contribution in [3.63, 3.8) is 0 Å². The first-order chi connectivity index (χ1) is 13.2. The Hall–Kier alpha value is -2.04. The highest BCUT2D eigenvalue weighted by atomic mass is 35.5. The summed E-state index contributed by atoms with van der Waals surface area (Å²) < 4.78 is 5.17. The van der Waals surface area contributed by atoms with Gasteiger partial charge < -0.3 is 10.1 Å². The first-order valence-electron chi connectivity index (χ1n) is 9.52. The van der Waals surface area contributed by atoms with E-state index in [9.17, 15) is 4.79 Å². The molecular formula is C22H27ClN2O2. The van der Waals surface area contributed by atoms with Crippen LogP contribution in [0.25, 0.3) is 0 Å². The monoisotopic (exact) mass is 386 g/mol. The van der Waals surface area contributed by atoms with E-state index in [0.717, 1.165) is 55.2 Å². The number of piperidine rings is 1. The van der Waals surface area contributed by atoms with E-state index >= 15 is 0 Å². The fourth-order valence-electron chi connectivity index (χ4n) is 3.55. The Morgan fingerprint density at radius 3 is 2.74 bits per heavy atom. The SMILES string of the molecule is COc1ccc(CCNC(=O)[C@@H]2CCCN(Cc3ccccc3Cl)C2)cc1. The standard InChI is InChI=1S/C22H27ClN2O2/c1-27-20-10-8-17(9-11-20)12-13-24-22(26)19-6-4-14-25(16-19)15-18-5-2-3-7-21(18)23/h2-3,5,7-11,19H,4,6,12-16H2,1H3,(H,24,26)/t19-/m1/s1. The Bertz CT molecular complexity index is 748. The second-order valence-corrected chi connectivity index (χ2v) is 7.46. The van der Waals surface area contributed by atoms with Gasteiger partial charge in [0.25, 0.3) is 0 Å². The lowest BCUT2D eigenvalue weighted by molar-refractivity contribution is -0.126. The molecule has 0 aromatic heterocycles. The van der Waals surface area contributed by atoms with Crippen LogP contribution in [-0.4, -0.2) is 37.6 Å². The Morgan fingerprint density at radius 1 is 1.22 bits per heavy atom. The van der Waals surface area contributed by atoms with Gasteiger partial charge in [-0.25, -0.2) is 0 Å². The molecule has 4 nitrogen and oxygen atoms in total. The summed E-state index contributed by atoms with van der Waals surface area (Å²) in [5.41, 5.74) is 2.32. The van der Waals surface area contributed by atoms with Gasteiger partial charge in [-0.1, -0.05) is 41.9 Å². The molecule has 1 amide bonds. The van der Waals surface area contributed by atoms with E-state index in [1.807, 2.05) is 42.5 Å². The molecule has 1 atom stereocenters. The number of carbonyl (C=O) groups is 1. The minimum absolute atomic E-state index is 0.0529. The van der Waals surface area contributed by atoms with Crippen LogP contribution < -0.4 is 10.1 Å². The van der Waals surface area contributed by atoms with Gasteiger partial charge in [0.15, 0.2) is 0 Å². The highest BCUT2D eigenvalue weighted by Gasteiger charge is 2.25. The van der Waals surface area contributed by atoms with Crippen LogP contribution >= 0.6 is 11.6 Å². The van der Waals surface area contributed by atoms with Crippen molar-refractivity contribution < 1.29 is 9.53 Å². The zero-order valence-corrected chi connectivity index (χ0v) is 16.5. The third kappa shape index (κ3) is 5.72. The summed E-state index contributed by atoms with van der Waals surface area (Å²) in [6.07, 6.45) is 2.82. The van der Waals surface area contributed by atoms with Crippen LogP contribution in [0.1, 0.15) is 24.0 Å². The zero-order chi connectivity index (χ0) is 19.1. The first kappa shape index (κ1) is 19.7. The third-order valence-corrected chi connectivity index (χ3v) is 5.47. The number of ether oxygens (including phenoxy) is 1. The Kier molecular flexibility index (Phi) is 7.13. The number of halogens is 1. The number of benzene rings is 2. The van der Waals surface area contributed by atoms with E-state index < -0.39 is 0 Å². The molecule has 27 heavy (non-hydrogen) atoms. The summed E-state index contributed by atoms with van der Waals surface area (Å²) in [4.78, 5) is 14.9. The lowest BCUT2D eigenvalue weighted by Crippen LogP contribution is -2.43. The van der Waals surface area contributed by atoms with Gasteiger partial charge in [-0.2, -0.15) is 0 Å². The van der Waals surface area contributed by atoms with Crippen molar-refractivity contribution in [2.45, 2.75) is 25.8 Å². The largest absolute Gasteiger partial charge is 0.497 e.